The van der Waals surface area contributed by atoms with E-state index in [0.717, 1.165) is 41.0 Å². The van der Waals surface area contributed by atoms with Crippen LogP contribution in [-0.2, 0) is 25.1 Å². The lowest BCUT2D eigenvalue weighted by Gasteiger charge is -2.38. The molecule has 1 atom stereocenters. The molecule has 1 heterocycles. The van der Waals surface area contributed by atoms with Gasteiger partial charge in [0, 0.05) is 40.8 Å². The number of nitrogens with zero attached hydrogens (tertiary/aromatic N) is 1. The number of benzene rings is 2. The number of carbonyl (C=O) groups is 1. The molecule has 4 rings (SSSR count). The maximum Gasteiger partial charge on any atom is 0.230 e. The molecule has 0 aromatic heterocycles. The van der Waals surface area contributed by atoms with Crippen LogP contribution in [0, 0.1) is 12.8 Å². The van der Waals surface area contributed by atoms with Crippen LogP contribution >= 0.6 is 11.6 Å². The van der Waals surface area contributed by atoms with Crippen molar-refractivity contribution in [3.8, 4) is 0 Å². The number of carbonyl (C=O) groups excluding carboxylic acids is 1. The van der Waals surface area contributed by atoms with Crippen molar-refractivity contribution in [2.75, 3.05) is 18.1 Å². The van der Waals surface area contributed by atoms with Crippen molar-refractivity contribution in [1.29, 1.82) is 0 Å². The molecule has 0 bridgehead atoms. The minimum Gasteiger partial charge on any atom is -0.381 e. The van der Waals surface area contributed by atoms with E-state index in [9.17, 15) is 9.00 Å². The topological polar surface area (TPSA) is 46.6 Å². The summed E-state index contributed by atoms with van der Waals surface area (Å²) in [6.07, 6.45) is 4.50. The van der Waals surface area contributed by atoms with Crippen LogP contribution in [0.1, 0.15) is 57.1 Å². The van der Waals surface area contributed by atoms with Gasteiger partial charge in [-0.05, 0) is 87.9 Å². The third kappa shape index (κ3) is 4.40. The van der Waals surface area contributed by atoms with E-state index in [1.165, 1.54) is 0 Å². The standard InChI is InChI=1S/C26H32ClNO3S/c1-18(2)28(25(29)20-5-4-6-20)24-12-7-21(17-19(24)3)26(13-15-31-16-14-26)32(30)23-10-8-22(27)9-11-23/h7-12,17-18,20H,4-6,13-16H2,1-3H3. The van der Waals surface area contributed by atoms with Gasteiger partial charge in [-0.1, -0.05) is 30.2 Å². The SMILES string of the molecule is Cc1cc(C2(S(=O)c3ccc(Cl)cc3)CCOCC2)ccc1N(C(=O)C1CCC1)C(C)C. The Morgan fingerprint density at radius 1 is 1.12 bits per heavy atom. The maximum atomic E-state index is 13.9. The van der Waals surface area contributed by atoms with Crippen LogP contribution in [0.4, 0.5) is 5.69 Å². The van der Waals surface area contributed by atoms with Crippen LogP contribution in [0.25, 0.3) is 0 Å². The minimum atomic E-state index is -1.25. The van der Waals surface area contributed by atoms with Gasteiger partial charge in [-0.2, -0.15) is 0 Å². The molecule has 0 radical (unpaired) electrons. The third-order valence-corrected chi connectivity index (χ3v) is 9.18. The molecule has 1 unspecified atom stereocenters. The number of ether oxygens (including phenoxy) is 1. The summed E-state index contributed by atoms with van der Waals surface area (Å²) in [5, 5.41) is 0.636. The van der Waals surface area contributed by atoms with E-state index < -0.39 is 15.5 Å². The average Bonchev–Trinajstić information content (AvgIpc) is 2.74. The zero-order chi connectivity index (χ0) is 22.9. The summed E-state index contributed by atoms with van der Waals surface area (Å²) < 4.78 is 19.0. The Bertz CT molecular complexity index is 995. The van der Waals surface area contributed by atoms with E-state index in [-0.39, 0.29) is 17.9 Å². The summed E-state index contributed by atoms with van der Waals surface area (Å²) in [6, 6.07) is 13.7. The summed E-state index contributed by atoms with van der Waals surface area (Å²) in [6.45, 7) is 7.36. The normalized spacial score (nSPS) is 19.4. The Morgan fingerprint density at radius 2 is 1.78 bits per heavy atom. The van der Waals surface area contributed by atoms with Crippen LogP contribution in [0.3, 0.4) is 0 Å². The van der Waals surface area contributed by atoms with Crippen LogP contribution in [-0.4, -0.2) is 29.4 Å². The van der Waals surface area contributed by atoms with Crippen LogP contribution in [0.2, 0.25) is 5.02 Å². The van der Waals surface area contributed by atoms with E-state index in [2.05, 4.69) is 39.0 Å². The smallest absolute Gasteiger partial charge is 0.230 e. The molecule has 2 fully saturated rings. The Kier molecular flexibility index (Phi) is 7.09. The fourth-order valence-electron chi connectivity index (χ4n) is 4.78. The largest absolute Gasteiger partial charge is 0.381 e. The lowest BCUT2D eigenvalue weighted by Crippen LogP contribution is -2.43. The first kappa shape index (κ1) is 23.5. The highest BCUT2D eigenvalue weighted by molar-refractivity contribution is 7.86. The molecule has 0 spiro atoms. The molecular formula is C26H32ClNO3S. The summed E-state index contributed by atoms with van der Waals surface area (Å²) >= 11 is 6.06. The first-order valence-electron chi connectivity index (χ1n) is 11.5. The number of anilines is 1. The van der Waals surface area contributed by atoms with Gasteiger partial charge in [0.15, 0.2) is 0 Å². The Labute approximate surface area is 198 Å². The molecule has 1 aliphatic heterocycles. The fraction of sp³-hybridized carbons (Fsp3) is 0.500. The van der Waals surface area contributed by atoms with Gasteiger partial charge >= 0.3 is 0 Å². The Balaban J connectivity index is 1.71. The molecule has 0 N–H and O–H groups in total. The molecule has 32 heavy (non-hydrogen) atoms. The lowest BCUT2D eigenvalue weighted by atomic mass is 9.83. The number of hydrogen-bond donors (Lipinski definition) is 0. The van der Waals surface area contributed by atoms with Crippen molar-refractivity contribution >= 4 is 34.0 Å². The number of hydrogen-bond acceptors (Lipinski definition) is 3. The quantitative estimate of drug-likeness (QED) is 0.516. The second-order valence-corrected chi connectivity index (χ2v) is 11.5. The summed E-state index contributed by atoms with van der Waals surface area (Å²) in [5.41, 5.74) is 3.05. The summed E-state index contributed by atoms with van der Waals surface area (Å²) in [7, 11) is -1.25. The predicted octanol–water partition coefficient (Wildman–Crippen LogP) is 6.00. The molecule has 1 saturated heterocycles. The van der Waals surface area contributed by atoms with Crippen molar-refractivity contribution in [3.63, 3.8) is 0 Å². The summed E-state index contributed by atoms with van der Waals surface area (Å²) in [5.74, 6) is 0.378. The van der Waals surface area contributed by atoms with Gasteiger partial charge in [-0.25, -0.2) is 0 Å². The molecule has 2 aromatic rings. The van der Waals surface area contributed by atoms with Gasteiger partial charge in [0.25, 0.3) is 0 Å². The molecule has 4 nitrogen and oxygen atoms in total. The fourth-order valence-corrected chi connectivity index (χ4v) is 6.62. The zero-order valence-electron chi connectivity index (χ0n) is 19.1. The van der Waals surface area contributed by atoms with Crippen LogP contribution in [0.5, 0.6) is 0 Å². The second-order valence-electron chi connectivity index (χ2n) is 9.26. The average molecular weight is 474 g/mol. The molecule has 2 aromatic carbocycles. The van der Waals surface area contributed by atoms with Gasteiger partial charge in [-0.15, -0.1) is 0 Å². The minimum absolute atomic E-state index is 0.0906. The highest BCUT2D eigenvalue weighted by Crippen LogP contribution is 2.43. The van der Waals surface area contributed by atoms with Crippen molar-refractivity contribution in [1.82, 2.24) is 0 Å². The van der Waals surface area contributed by atoms with E-state index in [1.54, 1.807) is 12.1 Å². The molecule has 6 heteroatoms. The van der Waals surface area contributed by atoms with Crippen LogP contribution < -0.4 is 4.90 Å². The maximum absolute atomic E-state index is 13.9. The number of aryl methyl sites for hydroxylation is 1. The molecule has 1 aliphatic carbocycles. The van der Waals surface area contributed by atoms with Crippen molar-refractivity contribution in [2.24, 2.45) is 5.92 Å². The number of amides is 1. The zero-order valence-corrected chi connectivity index (χ0v) is 20.7. The molecule has 1 saturated carbocycles. The van der Waals surface area contributed by atoms with Gasteiger partial charge in [0.2, 0.25) is 5.91 Å². The van der Waals surface area contributed by atoms with Crippen molar-refractivity contribution in [2.45, 2.75) is 68.6 Å². The molecule has 1 amide bonds. The number of halogens is 1. The van der Waals surface area contributed by atoms with Gasteiger partial charge in [0.1, 0.15) is 0 Å². The predicted molar refractivity (Wildman–Crippen MR) is 131 cm³/mol. The van der Waals surface area contributed by atoms with Crippen molar-refractivity contribution in [3.05, 3.63) is 58.6 Å². The van der Waals surface area contributed by atoms with E-state index in [1.807, 2.05) is 17.0 Å². The number of rotatable bonds is 6. The molecule has 2 aliphatic rings. The van der Waals surface area contributed by atoms with Gasteiger partial charge < -0.3 is 9.64 Å². The Morgan fingerprint density at radius 3 is 2.31 bits per heavy atom. The van der Waals surface area contributed by atoms with E-state index in [4.69, 9.17) is 16.3 Å². The Hall–Kier alpha value is -1.69. The monoisotopic (exact) mass is 473 g/mol. The van der Waals surface area contributed by atoms with Crippen LogP contribution in [0.15, 0.2) is 47.4 Å². The molecular weight excluding hydrogens is 442 g/mol. The van der Waals surface area contributed by atoms with Gasteiger partial charge in [0.05, 0.1) is 15.5 Å². The highest BCUT2D eigenvalue weighted by atomic mass is 35.5. The second kappa shape index (κ2) is 9.66. The lowest BCUT2D eigenvalue weighted by molar-refractivity contribution is -0.125. The first-order chi connectivity index (χ1) is 15.3. The van der Waals surface area contributed by atoms with Gasteiger partial charge in [-0.3, -0.25) is 9.00 Å². The molecule has 172 valence electrons. The summed E-state index contributed by atoms with van der Waals surface area (Å²) in [4.78, 5) is 15.9. The third-order valence-electron chi connectivity index (χ3n) is 6.87. The highest BCUT2D eigenvalue weighted by Gasteiger charge is 2.42. The van der Waals surface area contributed by atoms with E-state index in [0.29, 0.717) is 31.1 Å². The first-order valence-corrected chi connectivity index (χ1v) is 13.1. The van der Waals surface area contributed by atoms with E-state index >= 15 is 0 Å². The van der Waals surface area contributed by atoms with Crippen molar-refractivity contribution < 1.29 is 13.7 Å².